The quantitative estimate of drug-likeness (QED) is 0.363. The van der Waals surface area contributed by atoms with E-state index in [0.717, 1.165) is 5.75 Å². The molecule has 0 aliphatic carbocycles. The summed E-state index contributed by atoms with van der Waals surface area (Å²) >= 11 is 0. The number of anilines is 1. The van der Waals surface area contributed by atoms with Crippen molar-refractivity contribution >= 4 is 23.5 Å². The lowest BCUT2D eigenvalue weighted by molar-refractivity contribution is -0.148. The fraction of sp³-hybridized carbons (Fsp3) is 0.400. The Hall–Kier alpha value is -3.59. The number of carbonyl (C=O) groups excluding carboxylic acids is 3. The molecule has 2 N–H and O–H groups in total. The van der Waals surface area contributed by atoms with E-state index in [0.29, 0.717) is 50.8 Å². The zero-order valence-corrected chi connectivity index (χ0v) is 19.3. The zero-order chi connectivity index (χ0) is 24.2. The van der Waals surface area contributed by atoms with Gasteiger partial charge < -0.3 is 24.8 Å². The zero-order valence-electron chi connectivity index (χ0n) is 19.3. The summed E-state index contributed by atoms with van der Waals surface area (Å²) in [6, 6.07) is 15.8. The molecule has 182 valence electrons. The van der Waals surface area contributed by atoms with Crippen molar-refractivity contribution in [2.45, 2.75) is 25.8 Å². The van der Waals surface area contributed by atoms with E-state index in [2.05, 4.69) is 10.6 Å². The van der Waals surface area contributed by atoms with Gasteiger partial charge in [0.2, 0.25) is 11.8 Å². The van der Waals surface area contributed by atoms with Gasteiger partial charge >= 0.3 is 5.97 Å². The molecular weight excluding hydrogens is 438 g/mol. The van der Waals surface area contributed by atoms with Crippen LogP contribution in [0.1, 0.15) is 19.8 Å². The number of rotatable bonds is 12. The molecule has 0 aromatic heterocycles. The van der Waals surface area contributed by atoms with Crippen LogP contribution in [0.5, 0.6) is 11.5 Å². The van der Waals surface area contributed by atoms with Crippen LogP contribution in [-0.2, 0) is 19.1 Å². The molecule has 1 saturated heterocycles. The largest absolute Gasteiger partial charge is 0.490 e. The second-order valence-electron chi connectivity index (χ2n) is 7.79. The van der Waals surface area contributed by atoms with Crippen LogP contribution in [0.2, 0.25) is 0 Å². The summed E-state index contributed by atoms with van der Waals surface area (Å²) in [7, 11) is 0. The van der Waals surface area contributed by atoms with Crippen LogP contribution in [0.3, 0.4) is 0 Å². The van der Waals surface area contributed by atoms with E-state index in [-0.39, 0.29) is 24.8 Å². The average Bonchev–Trinajstić information content (AvgIpc) is 2.83. The Kier molecular flexibility index (Phi) is 9.72. The molecule has 2 aromatic carbocycles. The minimum atomic E-state index is -0.733. The topological polar surface area (TPSA) is 106 Å². The van der Waals surface area contributed by atoms with Gasteiger partial charge in [-0.05, 0) is 30.7 Å². The van der Waals surface area contributed by atoms with Gasteiger partial charge in [0.05, 0.1) is 19.6 Å². The minimum absolute atomic E-state index is 0.0187. The molecule has 2 amide bonds. The van der Waals surface area contributed by atoms with Crippen molar-refractivity contribution in [3.8, 4) is 11.5 Å². The number of hydrogen-bond donors (Lipinski definition) is 2. The number of ether oxygens (including phenoxy) is 3. The van der Waals surface area contributed by atoms with Crippen LogP contribution in [0.15, 0.2) is 54.6 Å². The first-order valence-electron chi connectivity index (χ1n) is 11.4. The van der Waals surface area contributed by atoms with Gasteiger partial charge in [-0.1, -0.05) is 31.2 Å². The molecule has 0 saturated carbocycles. The van der Waals surface area contributed by atoms with Crippen molar-refractivity contribution in [3.05, 3.63) is 54.6 Å². The molecule has 1 fully saturated rings. The van der Waals surface area contributed by atoms with Crippen LogP contribution in [-0.4, -0.2) is 68.2 Å². The van der Waals surface area contributed by atoms with Crippen molar-refractivity contribution in [2.75, 3.05) is 44.8 Å². The van der Waals surface area contributed by atoms with Crippen molar-refractivity contribution < 1.29 is 28.6 Å². The Bertz CT molecular complexity index is 953. The molecule has 0 radical (unpaired) electrons. The SMILES string of the molecule is CCCOC(=O)CC1C(=O)NCCN1CC(=O)Nc1cccc(OCCOc2ccccc2)c1. The van der Waals surface area contributed by atoms with Crippen LogP contribution in [0, 0.1) is 0 Å². The lowest BCUT2D eigenvalue weighted by atomic mass is 10.1. The van der Waals surface area contributed by atoms with Gasteiger partial charge in [-0.25, -0.2) is 0 Å². The Labute approximate surface area is 199 Å². The van der Waals surface area contributed by atoms with Crippen LogP contribution in [0.25, 0.3) is 0 Å². The number of para-hydroxylation sites is 1. The Morgan fingerprint density at radius 2 is 1.76 bits per heavy atom. The molecule has 9 nitrogen and oxygen atoms in total. The van der Waals surface area contributed by atoms with E-state index in [1.807, 2.05) is 37.3 Å². The van der Waals surface area contributed by atoms with E-state index < -0.39 is 12.0 Å². The second kappa shape index (κ2) is 13.2. The van der Waals surface area contributed by atoms with Crippen molar-refractivity contribution in [1.82, 2.24) is 10.2 Å². The van der Waals surface area contributed by atoms with Gasteiger partial charge in [0.15, 0.2) is 0 Å². The Morgan fingerprint density at radius 1 is 1.03 bits per heavy atom. The van der Waals surface area contributed by atoms with Gasteiger partial charge in [-0.15, -0.1) is 0 Å². The summed E-state index contributed by atoms with van der Waals surface area (Å²) in [6.07, 6.45) is 0.616. The number of piperazine rings is 1. The third-order valence-corrected chi connectivity index (χ3v) is 5.10. The molecular formula is C25H31N3O6. The highest BCUT2D eigenvalue weighted by atomic mass is 16.5. The lowest BCUT2D eigenvalue weighted by Gasteiger charge is -2.33. The van der Waals surface area contributed by atoms with E-state index in [1.54, 1.807) is 29.2 Å². The summed E-state index contributed by atoms with van der Waals surface area (Å²) in [5.74, 6) is 0.362. The van der Waals surface area contributed by atoms with E-state index >= 15 is 0 Å². The highest BCUT2D eigenvalue weighted by Crippen LogP contribution is 2.18. The van der Waals surface area contributed by atoms with E-state index in [4.69, 9.17) is 14.2 Å². The molecule has 9 heteroatoms. The van der Waals surface area contributed by atoms with Gasteiger partial charge in [0, 0.05) is 24.8 Å². The third kappa shape index (κ3) is 8.08. The number of benzene rings is 2. The standard InChI is InChI=1S/C25H31N3O6/c1-2-13-34-24(30)17-22-25(31)26-11-12-28(22)18-23(29)27-19-7-6-10-21(16-19)33-15-14-32-20-8-4-3-5-9-20/h3-10,16,22H,2,11-15,17-18H2,1H3,(H,26,31)(H,27,29). The minimum Gasteiger partial charge on any atom is -0.490 e. The predicted molar refractivity (Wildman–Crippen MR) is 127 cm³/mol. The molecule has 1 aliphatic heterocycles. The number of nitrogens with one attached hydrogen (secondary N) is 2. The second-order valence-corrected chi connectivity index (χ2v) is 7.79. The van der Waals surface area contributed by atoms with Gasteiger partial charge in [-0.3, -0.25) is 19.3 Å². The van der Waals surface area contributed by atoms with E-state index in [9.17, 15) is 14.4 Å². The molecule has 0 bridgehead atoms. The van der Waals surface area contributed by atoms with Gasteiger partial charge in [0.25, 0.3) is 0 Å². The summed E-state index contributed by atoms with van der Waals surface area (Å²) in [5.41, 5.74) is 0.576. The van der Waals surface area contributed by atoms with Crippen LogP contribution < -0.4 is 20.1 Å². The number of carbonyl (C=O) groups is 3. The maximum atomic E-state index is 12.7. The molecule has 0 spiro atoms. The summed E-state index contributed by atoms with van der Waals surface area (Å²) in [5, 5.41) is 5.57. The molecule has 2 aromatic rings. The van der Waals surface area contributed by atoms with Crippen LogP contribution >= 0.6 is 0 Å². The Balaban J connectivity index is 1.48. The van der Waals surface area contributed by atoms with Crippen molar-refractivity contribution in [2.24, 2.45) is 0 Å². The summed E-state index contributed by atoms with van der Waals surface area (Å²) in [6.45, 7) is 3.82. The molecule has 3 rings (SSSR count). The fourth-order valence-corrected chi connectivity index (χ4v) is 3.49. The number of hydrogen-bond acceptors (Lipinski definition) is 7. The van der Waals surface area contributed by atoms with E-state index in [1.165, 1.54) is 0 Å². The average molecular weight is 470 g/mol. The number of nitrogens with zero attached hydrogens (tertiary/aromatic N) is 1. The van der Waals surface area contributed by atoms with Crippen molar-refractivity contribution in [1.29, 1.82) is 0 Å². The molecule has 1 atom stereocenters. The molecule has 1 unspecified atom stereocenters. The monoisotopic (exact) mass is 469 g/mol. The molecule has 34 heavy (non-hydrogen) atoms. The van der Waals surface area contributed by atoms with Crippen molar-refractivity contribution in [3.63, 3.8) is 0 Å². The van der Waals surface area contributed by atoms with Crippen LogP contribution in [0.4, 0.5) is 5.69 Å². The maximum absolute atomic E-state index is 12.7. The first-order valence-corrected chi connectivity index (χ1v) is 11.4. The molecule has 1 aliphatic rings. The fourth-order valence-electron chi connectivity index (χ4n) is 3.49. The number of esters is 1. The van der Waals surface area contributed by atoms with Gasteiger partial charge in [-0.2, -0.15) is 0 Å². The normalized spacial score (nSPS) is 15.8. The Morgan fingerprint density at radius 3 is 2.53 bits per heavy atom. The number of amides is 2. The highest BCUT2D eigenvalue weighted by Gasteiger charge is 2.33. The first-order chi connectivity index (χ1) is 16.5. The smallest absolute Gasteiger partial charge is 0.307 e. The first kappa shape index (κ1) is 25.0. The predicted octanol–water partition coefficient (Wildman–Crippen LogP) is 2.23. The lowest BCUT2D eigenvalue weighted by Crippen LogP contribution is -2.57. The van der Waals surface area contributed by atoms with Gasteiger partial charge in [0.1, 0.15) is 30.8 Å². The molecule has 1 heterocycles. The highest BCUT2D eigenvalue weighted by molar-refractivity contribution is 5.93. The maximum Gasteiger partial charge on any atom is 0.307 e. The summed E-state index contributed by atoms with van der Waals surface area (Å²) < 4.78 is 16.4. The summed E-state index contributed by atoms with van der Waals surface area (Å²) in [4.78, 5) is 38.7. The third-order valence-electron chi connectivity index (χ3n) is 5.10.